The number of amides is 1. The van der Waals surface area contributed by atoms with Gasteiger partial charge in [-0.25, -0.2) is 0 Å². The lowest BCUT2D eigenvalue weighted by Gasteiger charge is -2.51. The van der Waals surface area contributed by atoms with Crippen molar-refractivity contribution in [3.05, 3.63) is 46.2 Å². The highest BCUT2D eigenvalue weighted by Crippen LogP contribution is 2.31. The van der Waals surface area contributed by atoms with Crippen LogP contribution in [0.3, 0.4) is 0 Å². The van der Waals surface area contributed by atoms with E-state index >= 15 is 0 Å². The van der Waals surface area contributed by atoms with Crippen molar-refractivity contribution in [2.45, 2.75) is 18.4 Å². The highest BCUT2D eigenvalue weighted by Gasteiger charge is 2.42. The maximum Gasteiger partial charge on any atom is 0.263 e. The first-order chi connectivity index (χ1) is 12.5. The lowest BCUT2D eigenvalue weighted by Crippen LogP contribution is -2.64. The molecule has 1 aromatic heterocycles. The average Bonchev–Trinajstić information content (AvgIpc) is 2.67. The van der Waals surface area contributed by atoms with E-state index in [0.29, 0.717) is 13.1 Å². The van der Waals surface area contributed by atoms with Gasteiger partial charge in [-0.15, -0.1) is 0 Å². The van der Waals surface area contributed by atoms with E-state index in [-0.39, 0.29) is 22.6 Å². The van der Waals surface area contributed by atoms with Gasteiger partial charge in [-0.2, -0.15) is 0 Å². The van der Waals surface area contributed by atoms with Crippen LogP contribution in [0, 0.1) is 0 Å². The van der Waals surface area contributed by atoms with Gasteiger partial charge in [0.05, 0.1) is 5.52 Å². The van der Waals surface area contributed by atoms with Crippen molar-refractivity contribution in [2.75, 3.05) is 39.9 Å². The number of carbonyl (C=O) groups is 1. The Morgan fingerprint density at radius 3 is 2.62 bits per heavy atom. The molecule has 0 N–H and O–H groups in total. The Morgan fingerprint density at radius 1 is 1.12 bits per heavy atom. The first kappa shape index (κ1) is 17.2. The lowest BCUT2D eigenvalue weighted by molar-refractivity contribution is -0.0543. The Kier molecular flexibility index (Phi) is 4.32. The summed E-state index contributed by atoms with van der Waals surface area (Å²) in [6.45, 7) is 3.57. The standard InChI is InChI=1S/C20H25N3O3/c1-21-9-10-23(14-20(21)7-11-26-12-8-20)19(25)16-13-15-5-3-4-6-17(15)22(2)18(16)24/h3-6,13H,7-12,14H2,1-2H3. The number of nitrogens with zero attached hydrogens (tertiary/aromatic N) is 3. The molecule has 3 heterocycles. The predicted molar refractivity (Wildman–Crippen MR) is 101 cm³/mol. The molecule has 26 heavy (non-hydrogen) atoms. The van der Waals surface area contributed by atoms with Gasteiger partial charge in [-0.3, -0.25) is 14.5 Å². The van der Waals surface area contributed by atoms with Crippen LogP contribution in [-0.4, -0.2) is 65.7 Å². The summed E-state index contributed by atoms with van der Waals surface area (Å²) in [5.74, 6) is -0.157. The van der Waals surface area contributed by atoms with E-state index in [1.165, 1.54) is 0 Å². The van der Waals surface area contributed by atoms with Crippen LogP contribution in [0.5, 0.6) is 0 Å². The minimum Gasteiger partial charge on any atom is -0.381 e. The van der Waals surface area contributed by atoms with E-state index in [4.69, 9.17) is 4.74 Å². The smallest absolute Gasteiger partial charge is 0.263 e. The van der Waals surface area contributed by atoms with Crippen molar-refractivity contribution in [1.29, 1.82) is 0 Å². The molecule has 6 heteroatoms. The summed E-state index contributed by atoms with van der Waals surface area (Å²) in [4.78, 5) is 30.2. The molecule has 2 aromatic rings. The number of piperazine rings is 1. The van der Waals surface area contributed by atoms with Gasteiger partial charge in [0, 0.05) is 45.4 Å². The Hall–Kier alpha value is -2.18. The number of aromatic nitrogens is 1. The molecule has 2 aliphatic rings. The van der Waals surface area contributed by atoms with Crippen LogP contribution in [0.15, 0.2) is 35.1 Å². The minimum absolute atomic E-state index is 0.0335. The highest BCUT2D eigenvalue weighted by atomic mass is 16.5. The van der Waals surface area contributed by atoms with E-state index in [1.807, 2.05) is 29.2 Å². The number of para-hydroxylation sites is 1. The Labute approximate surface area is 153 Å². The SMILES string of the molecule is CN1CCN(C(=O)c2cc3ccccc3n(C)c2=O)CC12CCOCC2. The van der Waals surface area contributed by atoms with Crippen LogP contribution >= 0.6 is 0 Å². The summed E-state index contributed by atoms with van der Waals surface area (Å²) < 4.78 is 7.10. The molecule has 0 atom stereocenters. The zero-order valence-electron chi connectivity index (χ0n) is 15.4. The maximum absolute atomic E-state index is 13.2. The van der Waals surface area contributed by atoms with E-state index < -0.39 is 0 Å². The average molecular weight is 355 g/mol. The molecule has 1 amide bonds. The summed E-state index contributed by atoms with van der Waals surface area (Å²) >= 11 is 0. The van der Waals surface area contributed by atoms with Crippen molar-refractivity contribution >= 4 is 16.8 Å². The van der Waals surface area contributed by atoms with Gasteiger partial charge in [0.15, 0.2) is 0 Å². The van der Waals surface area contributed by atoms with Crippen molar-refractivity contribution in [3.8, 4) is 0 Å². The Balaban J connectivity index is 1.68. The first-order valence-corrected chi connectivity index (χ1v) is 9.19. The second kappa shape index (κ2) is 6.52. The predicted octanol–water partition coefficient (Wildman–Crippen LogP) is 1.48. The van der Waals surface area contributed by atoms with Crippen molar-refractivity contribution in [3.63, 3.8) is 0 Å². The molecule has 2 aliphatic heterocycles. The molecule has 1 aromatic carbocycles. The Bertz CT molecular complexity index is 899. The summed E-state index contributed by atoms with van der Waals surface area (Å²) in [6.07, 6.45) is 1.84. The van der Waals surface area contributed by atoms with Gasteiger partial charge in [-0.05, 0) is 37.4 Å². The number of rotatable bonds is 1. The molecule has 4 rings (SSSR count). The molecule has 2 fully saturated rings. The third-order valence-electron chi connectivity index (χ3n) is 6.07. The van der Waals surface area contributed by atoms with Crippen LogP contribution in [0.2, 0.25) is 0 Å². The summed E-state index contributed by atoms with van der Waals surface area (Å²) in [5.41, 5.74) is 0.841. The normalized spacial score (nSPS) is 20.6. The number of aryl methyl sites for hydroxylation is 1. The third kappa shape index (κ3) is 2.73. The molecular formula is C20H25N3O3. The number of fused-ring (bicyclic) bond motifs is 1. The molecule has 6 nitrogen and oxygen atoms in total. The Morgan fingerprint density at radius 2 is 1.85 bits per heavy atom. The van der Waals surface area contributed by atoms with Gasteiger partial charge in [-0.1, -0.05) is 18.2 Å². The van der Waals surface area contributed by atoms with Crippen LogP contribution in [0.4, 0.5) is 0 Å². The zero-order chi connectivity index (χ0) is 18.3. The number of likely N-dealkylation sites (N-methyl/N-ethyl adjacent to an activating group) is 1. The van der Waals surface area contributed by atoms with Gasteiger partial charge >= 0.3 is 0 Å². The molecule has 0 saturated carbocycles. The largest absolute Gasteiger partial charge is 0.381 e. The second-order valence-corrected chi connectivity index (χ2v) is 7.47. The molecule has 0 bridgehead atoms. The van der Waals surface area contributed by atoms with Gasteiger partial charge < -0.3 is 14.2 Å². The molecule has 0 radical (unpaired) electrons. The molecule has 2 saturated heterocycles. The fraction of sp³-hybridized carbons (Fsp3) is 0.500. The number of pyridine rings is 1. The quantitative estimate of drug-likeness (QED) is 0.777. The summed E-state index contributed by atoms with van der Waals surface area (Å²) in [7, 11) is 3.85. The van der Waals surface area contributed by atoms with Crippen LogP contribution in [0.1, 0.15) is 23.2 Å². The highest BCUT2D eigenvalue weighted by molar-refractivity contribution is 5.97. The molecule has 138 valence electrons. The summed E-state index contributed by atoms with van der Waals surface area (Å²) in [5, 5.41) is 0.910. The fourth-order valence-corrected chi connectivity index (χ4v) is 4.27. The molecular weight excluding hydrogens is 330 g/mol. The first-order valence-electron chi connectivity index (χ1n) is 9.19. The molecule has 0 aliphatic carbocycles. The van der Waals surface area contributed by atoms with Crippen molar-refractivity contribution in [2.24, 2.45) is 7.05 Å². The maximum atomic E-state index is 13.2. The summed E-state index contributed by atoms with van der Waals surface area (Å²) in [6, 6.07) is 9.41. The van der Waals surface area contributed by atoms with E-state index in [9.17, 15) is 9.59 Å². The van der Waals surface area contributed by atoms with Crippen molar-refractivity contribution < 1.29 is 9.53 Å². The zero-order valence-corrected chi connectivity index (χ0v) is 15.4. The molecule has 1 spiro atoms. The van der Waals surface area contributed by atoms with Crippen LogP contribution in [0.25, 0.3) is 10.9 Å². The van der Waals surface area contributed by atoms with Crippen LogP contribution in [-0.2, 0) is 11.8 Å². The van der Waals surface area contributed by atoms with Crippen molar-refractivity contribution in [1.82, 2.24) is 14.4 Å². The number of carbonyl (C=O) groups excluding carboxylic acids is 1. The monoisotopic (exact) mass is 355 g/mol. The second-order valence-electron chi connectivity index (χ2n) is 7.47. The van der Waals surface area contributed by atoms with Crippen LogP contribution < -0.4 is 5.56 Å². The van der Waals surface area contributed by atoms with Gasteiger partial charge in [0.25, 0.3) is 11.5 Å². The third-order valence-corrected chi connectivity index (χ3v) is 6.07. The fourth-order valence-electron chi connectivity index (χ4n) is 4.27. The van der Waals surface area contributed by atoms with Gasteiger partial charge in [0.1, 0.15) is 5.56 Å². The number of hydrogen-bond donors (Lipinski definition) is 0. The van der Waals surface area contributed by atoms with E-state index in [0.717, 1.165) is 43.5 Å². The van der Waals surface area contributed by atoms with E-state index in [1.54, 1.807) is 17.7 Å². The number of hydrogen-bond acceptors (Lipinski definition) is 4. The lowest BCUT2D eigenvalue weighted by atomic mass is 9.85. The molecule has 0 unspecified atom stereocenters. The van der Waals surface area contributed by atoms with E-state index in [2.05, 4.69) is 11.9 Å². The minimum atomic E-state index is -0.228. The van der Waals surface area contributed by atoms with Gasteiger partial charge in [0.2, 0.25) is 0 Å². The number of ether oxygens (including phenoxy) is 1. The topological polar surface area (TPSA) is 54.8 Å². The number of benzene rings is 1.